The Morgan fingerprint density at radius 3 is 2.12 bits per heavy atom. The van der Waals surface area contributed by atoms with Gasteiger partial charge in [0.2, 0.25) is 0 Å². The maximum absolute atomic E-state index is 13.1. The van der Waals surface area contributed by atoms with E-state index < -0.39 is 17.8 Å². The van der Waals surface area contributed by atoms with Gasteiger partial charge in [0.1, 0.15) is 5.92 Å². The van der Waals surface area contributed by atoms with Crippen LogP contribution < -0.4 is 10.4 Å². The lowest BCUT2D eigenvalue weighted by molar-refractivity contribution is -0.120. The second-order valence-electron chi connectivity index (χ2n) is 5.80. The SMILES string of the molecule is C=C1NN(c2ccccc2)C(=O)C1C(c1ccccc1)C(C#N)C#N. The molecule has 2 aromatic carbocycles. The van der Waals surface area contributed by atoms with E-state index in [1.54, 1.807) is 0 Å². The number of nitrogens with zero attached hydrogens (tertiary/aromatic N) is 3. The number of rotatable bonds is 4. The Morgan fingerprint density at radius 1 is 1.00 bits per heavy atom. The first-order chi connectivity index (χ1) is 12.2. The lowest BCUT2D eigenvalue weighted by Gasteiger charge is -2.23. The van der Waals surface area contributed by atoms with E-state index in [4.69, 9.17) is 0 Å². The zero-order chi connectivity index (χ0) is 17.8. The van der Waals surface area contributed by atoms with E-state index in [1.165, 1.54) is 5.01 Å². The average molecular weight is 328 g/mol. The minimum Gasteiger partial charge on any atom is -0.295 e. The molecule has 1 aliphatic heterocycles. The molecular formula is C20H16N4O. The standard InChI is InChI=1S/C20H16N4O/c1-14-18(20(25)24(23-14)17-10-6-3-7-11-17)19(16(12-21)13-22)15-8-4-2-5-9-15/h2-11,16,18-19,23H,1H2. The van der Waals surface area contributed by atoms with Crippen molar-refractivity contribution in [1.82, 2.24) is 5.43 Å². The summed E-state index contributed by atoms with van der Waals surface area (Å²) in [5.74, 6) is -2.45. The van der Waals surface area contributed by atoms with E-state index in [9.17, 15) is 15.3 Å². The van der Waals surface area contributed by atoms with Gasteiger partial charge in [0.15, 0.2) is 0 Å². The van der Waals surface area contributed by atoms with E-state index in [2.05, 4.69) is 12.0 Å². The van der Waals surface area contributed by atoms with Gasteiger partial charge < -0.3 is 0 Å². The van der Waals surface area contributed by atoms with Crippen LogP contribution in [0.1, 0.15) is 11.5 Å². The summed E-state index contributed by atoms with van der Waals surface area (Å²) < 4.78 is 0. The highest BCUT2D eigenvalue weighted by Gasteiger charge is 2.45. The molecule has 1 fully saturated rings. The predicted molar refractivity (Wildman–Crippen MR) is 93.6 cm³/mol. The molecule has 0 aromatic heterocycles. The van der Waals surface area contributed by atoms with Crippen LogP contribution >= 0.6 is 0 Å². The fraction of sp³-hybridized carbons (Fsp3) is 0.150. The number of hydrazine groups is 1. The molecule has 1 heterocycles. The van der Waals surface area contributed by atoms with Crippen molar-refractivity contribution in [2.45, 2.75) is 5.92 Å². The van der Waals surface area contributed by atoms with Gasteiger partial charge in [0.05, 0.1) is 23.7 Å². The summed E-state index contributed by atoms with van der Waals surface area (Å²) in [5, 5.41) is 20.3. The molecule has 1 aliphatic rings. The first-order valence-electron chi connectivity index (χ1n) is 7.86. The Kier molecular flexibility index (Phi) is 4.50. The molecule has 1 saturated heterocycles. The van der Waals surface area contributed by atoms with Crippen molar-refractivity contribution in [3.63, 3.8) is 0 Å². The smallest absolute Gasteiger partial charge is 0.255 e. The number of benzene rings is 2. The van der Waals surface area contributed by atoms with Crippen molar-refractivity contribution in [2.75, 3.05) is 5.01 Å². The fourth-order valence-corrected chi connectivity index (χ4v) is 3.14. The van der Waals surface area contributed by atoms with Crippen molar-refractivity contribution in [3.8, 4) is 12.1 Å². The summed E-state index contributed by atoms with van der Waals surface area (Å²) in [5.41, 5.74) is 4.94. The molecule has 3 rings (SSSR count). The monoisotopic (exact) mass is 328 g/mol. The molecule has 25 heavy (non-hydrogen) atoms. The largest absolute Gasteiger partial charge is 0.295 e. The molecule has 1 amide bonds. The zero-order valence-corrected chi connectivity index (χ0v) is 13.5. The second kappa shape index (κ2) is 6.90. The van der Waals surface area contributed by atoms with Crippen LogP contribution in [-0.4, -0.2) is 5.91 Å². The summed E-state index contributed by atoms with van der Waals surface area (Å²) in [6, 6.07) is 22.4. The summed E-state index contributed by atoms with van der Waals surface area (Å²) in [6.07, 6.45) is 0. The van der Waals surface area contributed by atoms with Crippen LogP contribution in [-0.2, 0) is 4.79 Å². The zero-order valence-electron chi connectivity index (χ0n) is 13.5. The Bertz CT molecular complexity index is 850. The van der Waals surface area contributed by atoms with Crippen LogP contribution in [0.25, 0.3) is 0 Å². The summed E-state index contributed by atoms with van der Waals surface area (Å²) in [7, 11) is 0. The van der Waals surface area contributed by atoms with E-state index >= 15 is 0 Å². The van der Waals surface area contributed by atoms with Gasteiger partial charge in [-0.15, -0.1) is 0 Å². The molecule has 1 N–H and O–H groups in total. The molecular weight excluding hydrogens is 312 g/mol. The third kappa shape index (κ3) is 2.96. The number of anilines is 1. The molecule has 122 valence electrons. The molecule has 0 radical (unpaired) electrons. The molecule has 0 saturated carbocycles. The quantitative estimate of drug-likeness (QED) is 0.935. The van der Waals surface area contributed by atoms with Crippen LogP contribution in [0.15, 0.2) is 72.9 Å². The van der Waals surface area contributed by atoms with Gasteiger partial charge in [-0.25, -0.2) is 5.01 Å². The summed E-state index contributed by atoms with van der Waals surface area (Å²) >= 11 is 0. The fourth-order valence-electron chi connectivity index (χ4n) is 3.14. The third-order valence-corrected chi connectivity index (χ3v) is 4.31. The molecule has 2 unspecified atom stereocenters. The van der Waals surface area contributed by atoms with Crippen LogP contribution in [0.5, 0.6) is 0 Å². The van der Waals surface area contributed by atoms with E-state index in [1.807, 2.05) is 72.8 Å². The molecule has 0 bridgehead atoms. The highest BCUT2D eigenvalue weighted by Crippen LogP contribution is 2.39. The van der Waals surface area contributed by atoms with Crippen LogP contribution in [0.4, 0.5) is 5.69 Å². The number of carbonyl (C=O) groups is 1. The molecule has 5 nitrogen and oxygen atoms in total. The number of para-hydroxylation sites is 1. The molecule has 2 atom stereocenters. The van der Waals surface area contributed by atoms with Crippen molar-refractivity contribution in [2.24, 2.45) is 11.8 Å². The maximum Gasteiger partial charge on any atom is 0.255 e. The number of nitriles is 2. The van der Waals surface area contributed by atoms with Crippen molar-refractivity contribution in [1.29, 1.82) is 10.5 Å². The number of hydrogen-bond donors (Lipinski definition) is 1. The van der Waals surface area contributed by atoms with Gasteiger partial charge >= 0.3 is 0 Å². The first kappa shape index (κ1) is 16.3. The lowest BCUT2D eigenvalue weighted by atomic mass is 9.76. The van der Waals surface area contributed by atoms with Crippen LogP contribution in [0.2, 0.25) is 0 Å². The Hall–Kier alpha value is -3.57. The highest BCUT2D eigenvalue weighted by molar-refractivity contribution is 5.99. The van der Waals surface area contributed by atoms with E-state index in [0.29, 0.717) is 11.4 Å². The Labute approximate surface area is 146 Å². The maximum atomic E-state index is 13.1. The number of hydrogen-bond acceptors (Lipinski definition) is 4. The molecule has 5 heteroatoms. The number of amides is 1. The normalized spacial score (nSPS) is 17.7. The molecule has 2 aromatic rings. The van der Waals surface area contributed by atoms with Crippen molar-refractivity contribution in [3.05, 3.63) is 78.5 Å². The average Bonchev–Trinajstić information content (AvgIpc) is 2.95. The van der Waals surface area contributed by atoms with Gasteiger partial charge in [-0.3, -0.25) is 10.2 Å². The third-order valence-electron chi connectivity index (χ3n) is 4.31. The van der Waals surface area contributed by atoms with Gasteiger partial charge in [-0.05, 0) is 17.7 Å². The minimum atomic E-state index is -0.953. The van der Waals surface area contributed by atoms with Crippen molar-refractivity contribution < 1.29 is 4.79 Å². The van der Waals surface area contributed by atoms with E-state index in [0.717, 1.165) is 5.56 Å². The minimum absolute atomic E-state index is 0.222. The Balaban J connectivity index is 2.02. The summed E-state index contributed by atoms with van der Waals surface area (Å²) in [6.45, 7) is 3.97. The Morgan fingerprint density at radius 2 is 1.56 bits per heavy atom. The van der Waals surface area contributed by atoms with E-state index in [-0.39, 0.29) is 5.91 Å². The molecule has 0 aliphatic carbocycles. The predicted octanol–water partition coefficient (Wildman–Crippen LogP) is 3.11. The van der Waals surface area contributed by atoms with Gasteiger partial charge in [-0.2, -0.15) is 10.5 Å². The number of carbonyl (C=O) groups excluding carboxylic acids is 1. The first-order valence-corrected chi connectivity index (χ1v) is 7.86. The number of nitrogens with one attached hydrogen (secondary N) is 1. The van der Waals surface area contributed by atoms with Crippen molar-refractivity contribution >= 4 is 11.6 Å². The van der Waals surface area contributed by atoms with Gasteiger partial charge in [-0.1, -0.05) is 55.1 Å². The molecule has 0 spiro atoms. The topological polar surface area (TPSA) is 79.9 Å². The van der Waals surface area contributed by atoms with Crippen LogP contribution in [0, 0.1) is 34.5 Å². The van der Waals surface area contributed by atoms with Gasteiger partial charge in [0, 0.05) is 11.6 Å². The van der Waals surface area contributed by atoms with Gasteiger partial charge in [0.25, 0.3) is 5.91 Å². The van der Waals surface area contributed by atoms with Crippen LogP contribution in [0.3, 0.4) is 0 Å². The summed E-state index contributed by atoms with van der Waals surface area (Å²) in [4.78, 5) is 13.1. The lowest BCUT2D eigenvalue weighted by Crippen LogP contribution is -2.35. The second-order valence-corrected chi connectivity index (χ2v) is 5.80. The highest BCUT2D eigenvalue weighted by atomic mass is 16.2.